The van der Waals surface area contributed by atoms with Crippen molar-refractivity contribution in [3.8, 4) is 0 Å². The van der Waals surface area contributed by atoms with E-state index in [0.29, 0.717) is 5.56 Å². The van der Waals surface area contributed by atoms with E-state index in [-0.39, 0.29) is 12.6 Å². The Labute approximate surface area is 131 Å². The minimum Gasteiger partial charge on any atom is -0.388 e. The molecule has 0 heterocycles. The first kappa shape index (κ1) is 15.2. The number of hydrogen-bond acceptors (Lipinski definition) is 2. The van der Waals surface area contributed by atoms with Gasteiger partial charge in [0.25, 0.3) is 0 Å². The Bertz CT molecular complexity index is 601. The van der Waals surface area contributed by atoms with Gasteiger partial charge >= 0.3 is 0 Å². The number of aliphatic hydroxyl groups is 1. The fourth-order valence-electron chi connectivity index (χ4n) is 3.19. The third-order valence-electron chi connectivity index (χ3n) is 4.40. The highest BCUT2D eigenvalue weighted by Gasteiger charge is 2.24. The van der Waals surface area contributed by atoms with Gasteiger partial charge in [0.2, 0.25) is 0 Å². The third kappa shape index (κ3) is 3.37. The van der Waals surface area contributed by atoms with E-state index in [1.165, 1.54) is 11.1 Å². The van der Waals surface area contributed by atoms with Crippen molar-refractivity contribution < 1.29 is 9.50 Å². The molecule has 3 heteroatoms. The minimum absolute atomic E-state index is 0.211. The van der Waals surface area contributed by atoms with E-state index in [1.807, 2.05) is 12.1 Å². The number of alkyl halides is 1. The molecule has 1 aliphatic rings. The van der Waals surface area contributed by atoms with Crippen molar-refractivity contribution in [2.75, 3.05) is 6.54 Å². The average Bonchev–Trinajstić information content (AvgIpc) is 2.59. The van der Waals surface area contributed by atoms with E-state index in [9.17, 15) is 9.50 Å². The number of nitrogens with one attached hydrogen (secondary N) is 1. The fourth-order valence-corrected chi connectivity index (χ4v) is 3.19. The van der Waals surface area contributed by atoms with Crippen molar-refractivity contribution in [2.45, 2.75) is 37.6 Å². The Kier molecular flexibility index (Phi) is 4.86. The molecule has 0 unspecified atom stereocenters. The van der Waals surface area contributed by atoms with Gasteiger partial charge in [0.05, 0.1) is 0 Å². The first-order valence-corrected chi connectivity index (χ1v) is 7.94. The second kappa shape index (κ2) is 7.03. The van der Waals surface area contributed by atoms with Gasteiger partial charge in [-0.1, -0.05) is 54.6 Å². The lowest BCUT2D eigenvalue weighted by Gasteiger charge is -2.28. The van der Waals surface area contributed by atoms with E-state index in [2.05, 4.69) is 23.5 Å². The molecule has 3 rings (SSSR count). The molecule has 2 aromatic carbocycles. The van der Waals surface area contributed by atoms with Crippen molar-refractivity contribution in [2.24, 2.45) is 0 Å². The summed E-state index contributed by atoms with van der Waals surface area (Å²) in [6.07, 6.45) is 0.880. The van der Waals surface area contributed by atoms with Gasteiger partial charge in [0, 0.05) is 12.6 Å². The van der Waals surface area contributed by atoms with Crippen LogP contribution in [-0.4, -0.2) is 17.8 Å². The maximum Gasteiger partial charge on any atom is 0.152 e. The predicted octanol–water partition coefficient (Wildman–Crippen LogP) is 3.73. The first-order valence-electron chi connectivity index (χ1n) is 7.94. The molecule has 0 radical (unpaired) electrons. The second-order valence-electron chi connectivity index (χ2n) is 5.93. The van der Waals surface area contributed by atoms with Crippen LogP contribution in [-0.2, 0) is 6.42 Å². The molecule has 3 atom stereocenters. The zero-order valence-corrected chi connectivity index (χ0v) is 12.6. The summed E-state index contributed by atoms with van der Waals surface area (Å²) in [6.45, 7) is 0.259. The standard InChI is InChI=1S/C19H22FNO/c20-19(15-8-2-1-3-9-15)18(22)13-21-17-12-6-10-14-7-4-5-11-16(14)17/h1-5,7-9,11,17-19,21-22H,6,10,12-13H2/t17-,18-,19+/m0/s1. The van der Waals surface area contributed by atoms with Crippen molar-refractivity contribution in [3.63, 3.8) is 0 Å². The molecule has 0 aliphatic heterocycles. The van der Waals surface area contributed by atoms with Crippen molar-refractivity contribution in [1.29, 1.82) is 0 Å². The SMILES string of the molecule is O[C@@H](CN[C@H]1CCCc2ccccc21)[C@H](F)c1ccccc1. The molecule has 116 valence electrons. The molecule has 0 saturated carbocycles. The fraction of sp³-hybridized carbons (Fsp3) is 0.368. The van der Waals surface area contributed by atoms with Crippen LogP contribution in [0, 0.1) is 0 Å². The Hall–Kier alpha value is -1.71. The highest BCUT2D eigenvalue weighted by molar-refractivity contribution is 5.32. The van der Waals surface area contributed by atoms with Gasteiger partial charge in [0.1, 0.15) is 6.10 Å². The summed E-state index contributed by atoms with van der Waals surface area (Å²) < 4.78 is 14.3. The molecule has 0 spiro atoms. The normalized spacial score (nSPS) is 20.2. The zero-order valence-electron chi connectivity index (χ0n) is 12.6. The number of fused-ring (bicyclic) bond motifs is 1. The Morgan fingerprint density at radius 2 is 1.82 bits per heavy atom. The van der Waals surface area contributed by atoms with Gasteiger partial charge in [-0.3, -0.25) is 0 Å². The Balaban J connectivity index is 1.61. The van der Waals surface area contributed by atoms with E-state index in [0.717, 1.165) is 19.3 Å². The van der Waals surface area contributed by atoms with Crippen LogP contribution in [0.5, 0.6) is 0 Å². The minimum atomic E-state index is -1.35. The summed E-state index contributed by atoms with van der Waals surface area (Å²) in [7, 11) is 0. The highest BCUT2D eigenvalue weighted by Crippen LogP contribution is 2.30. The zero-order chi connectivity index (χ0) is 15.4. The number of benzene rings is 2. The molecule has 0 amide bonds. The lowest BCUT2D eigenvalue weighted by atomic mass is 9.87. The quantitative estimate of drug-likeness (QED) is 0.882. The summed E-state index contributed by atoms with van der Waals surface area (Å²) in [6, 6.07) is 17.4. The number of aryl methyl sites for hydroxylation is 1. The van der Waals surface area contributed by atoms with Crippen LogP contribution in [0.3, 0.4) is 0 Å². The Morgan fingerprint density at radius 1 is 1.09 bits per heavy atom. The average molecular weight is 299 g/mol. The summed E-state index contributed by atoms with van der Waals surface area (Å²) >= 11 is 0. The summed E-state index contributed by atoms with van der Waals surface area (Å²) in [5.74, 6) is 0. The second-order valence-corrected chi connectivity index (χ2v) is 5.93. The molecular formula is C19H22FNO. The number of halogens is 1. The molecule has 0 saturated heterocycles. The molecule has 0 aromatic heterocycles. The highest BCUT2D eigenvalue weighted by atomic mass is 19.1. The van der Waals surface area contributed by atoms with E-state index < -0.39 is 12.3 Å². The number of rotatable bonds is 5. The number of hydrogen-bond donors (Lipinski definition) is 2. The van der Waals surface area contributed by atoms with Crippen LogP contribution in [0.15, 0.2) is 54.6 Å². The molecule has 2 N–H and O–H groups in total. The molecule has 22 heavy (non-hydrogen) atoms. The lowest BCUT2D eigenvalue weighted by molar-refractivity contribution is 0.0739. The van der Waals surface area contributed by atoms with Gasteiger partial charge in [-0.05, 0) is 36.0 Å². The largest absolute Gasteiger partial charge is 0.388 e. The van der Waals surface area contributed by atoms with Gasteiger partial charge in [-0.2, -0.15) is 0 Å². The van der Waals surface area contributed by atoms with Crippen LogP contribution in [0.2, 0.25) is 0 Å². The van der Waals surface area contributed by atoms with Gasteiger partial charge in [0.15, 0.2) is 6.17 Å². The van der Waals surface area contributed by atoms with Crippen LogP contribution in [0.25, 0.3) is 0 Å². The lowest BCUT2D eigenvalue weighted by Crippen LogP contribution is -2.34. The smallest absolute Gasteiger partial charge is 0.152 e. The first-order chi connectivity index (χ1) is 10.8. The van der Waals surface area contributed by atoms with Gasteiger partial charge < -0.3 is 10.4 Å². The van der Waals surface area contributed by atoms with Crippen LogP contribution in [0.1, 0.15) is 41.7 Å². The maximum absolute atomic E-state index is 14.3. The van der Waals surface area contributed by atoms with E-state index in [1.54, 1.807) is 24.3 Å². The van der Waals surface area contributed by atoms with Crippen LogP contribution < -0.4 is 5.32 Å². The number of aliphatic hydroxyl groups excluding tert-OH is 1. The summed E-state index contributed by atoms with van der Waals surface area (Å²) in [4.78, 5) is 0. The van der Waals surface area contributed by atoms with E-state index >= 15 is 0 Å². The monoisotopic (exact) mass is 299 g/mol. The molecular weight excluding hydrogens is 277 g/mol. The van der Waals surface area contributed by atoms with Crippen molar-refractivity contribution in [3.05, 3.63) is 71.3 Å². The van der Waals surface area contributed by atoms with Crippen molar-refractivity contribution in [1.82, 2.24) is 5.32 Å². The van der Waals surface area contributed by atoms with Gasteiger partial charge in [-0.25, -0.2) is 4.39 Å². The summed E-state index contributed by atoms with van der Waals surface area (Å²) in [5.41, 5.74) is 3.18. The maximum atomic E-state index is 14.3. The molecule has 0 fully saturated rings. The Morgan fingerprint density at radius 3 is 2.64 bits per heavy atom. The molecule has 2 aromatic rings. The van der Waals surface area contributed by atoms with Crippen molar-refractivity contribution >= 4 is 0 Å². The molecule has 0 bridgehead atoms. The molecule has 2 nitrogen and oxygen atoms in total. The molecule has 1 aliphatic carbocycles. The third-order valence-corrected chi connectivity index (χ3v) is 4.40. The summed E-state index contributed by atoms with van der Waals surface area (Å²) in [5, 5.41) is 13.5. The topological polar surface area (TPSA) is 32.3 Å². The predicted molar refractivity (Wildman–Crippen MR) is 86.4 cm³/mol. The van der Waals surface area contributed by atoms with Gasteiger partial charge in [-0.15, -0.1) is 0 Å². The van der Waals surface area contributed by atoms with Crippen LogP contribution in [0.4, 0.5) is 4.39 Å². The van der Waals surface area contributed by atoms with E-state index in [4.69, 9.17) is 0 Å². The van der Waals surface area contributed by atoms with Crippen LogP contribution >= 0.6 is 0 Å².